The maximum absolute atomic E-state index is 12.3. The van der Waals surface area contributed by atoms with E-state index in [0.717, 1.165) is 12.2 Å². The molecule has 92 valence electrons. The Balaban J connectivity index is 2.23. The van der Waals surface area contributed by atoms with E-state index in [-0.39, 0.29) is 11.9 Å². The van der Waals surface area contributed by atoms with Crippen LogP contribution in [0.1, 0.15) is 28.7 Å². The predicted octanol–water partition coefficient (Wildman–Crippen LogP) is 0.513. The zero-order valence-electron chi connectivity index (χ0n) is 10.5. The summed E-state index contributed by atoms with van der Waals surface area (Å²) in [6.07, 6.45) is 0. The van der Waals surface area contributed by atoms with Crippen LogP contribution in [-0.2, 0) is 0 Å². The Morgan fingerprint density at radius 2 is 2.12 bits per heavy atom. The molecule has 2 rings (SSSR count). The predicted molar refractivity (Wildman–Crippen MR) is 64.5 cm³/mol. The summed E-state index contributed by atoms with van der Waals surface area (Å²) in [5, 5.41) is 7.91. The van der Waals surface area contributed by atoms with Gasteiger partial charge in [-0.05, 0) is 25.8 Å². The molecule has 1 aliphatic rings. The number of nitrogens with two attached hydrogens (primary N) is 1. The van der Waals surface area contributed by atoms with E-state index in [4.69, 9.17) is 5.73 Å². The fourth-order valence-corrected chi connectivity index (χ4v) is 2.09. The first-order chi connectivity index (χ1) is 7.99. The summed E-state index contributed by atoms with van der Waals surface area (Å²) in [6.45, 7) is 7.06. The van der Waals surface area contributed by atoms with Gasteiger partial charge in [0, 0.05) is 19.1 Å². The molecule has 5 heteroatoms. The van der Waals surface area contributed by atoms with Gasteiger partial charge in [-0.15, -0.1) is 0 Å². The largest absolute Gasteiger partial charge is 0.337 e. The third-order valence-corrected chi connectivity index (χ3v) is 3.29. The summed E-state index contributed by atoms with van der Waals surface area (Å²) >= 11 is 0. The second-order valence-electron chi connectivity index (χ2n) is 4.84. The van der Waals surface area contributed by atoms with Gasteiger partial charge in [-0.2, -0.15) is 10.2 Å². The van der Waals surface area contributed by atoms with Crippen LogP contribution in [0.2, 0.25) is 0 Å². The van der Waals surface area contributed by atoms with Gasteiger partial charge >= 0.3 is 0 Å². The molecule has 0 aromatic carbocycles. The Morgan fingerprint density at radius 1 is 1.41 bits per heavy atom. The number of amides is 1. The first-order valence-electron chi connectivity index (χ1n) is 5.85. The smallest absolute Gasteiger partial charge is 0.255 e. The lowest BCUT2D eigenvalue weighted by Gasteiger charge is -2.16. The Labute approximate surface area is 101 Å². The standard InChI is InChI=1S/C12H18N4O/c1-7-5-16(6-11(7)13)12(17)10-4-8(2)14-15-9(10)3/h4,7,11H,5-6,13H2,1-3H3. The van der Waals surface area contributed by atoms with E-state index in [9.17, 15) is 4.79 Å². The average molecular weight is 234 g/mol. The van der Waals surface area contributed by atoms with Crippen molar-refractivity contribution in [3.63, 3.8) is 0 Å². The van der Waals surface area contributed by atoms with Gasteiger partial charge in [-0.25, -0.2) is 0 Å². The maximum Gasteiger partial charge on any atom is 0.255 e. The minimum Gasteiger partial charge on any atom is -0.337 e. The van der Waals surface area contributed by atoms with Crippen LogP contribution in [0.25, 0.3) is 0 Å². The van der Waals surface area contributed by atoms with Crippen molar-refractivity contribution >= 4 is 5.91 Å². The molecule has 0 spiro atoms. The topological polar surface area (TPSA) is 72.1 Å². The zero-order valence-corrected chi connectivity index (χ0v) is 10.5. The summed E-state index contributed by atoms with van der Waals surface area (Å²) in [7, 11) is 0. The Morgan fingerprint density at radius 3 is 2.71 bits per heavy atom. The molecule has 1 fully saturated rings. The van der Waals surface area contributed by atoms with E-state index in [1.807, 2.05) is 6.92 Å². The number of hydrogen-bond donors (Lipinski definition) is 1. The highest BCUT2D eigenvalue weighted by molar-refractivity contribution is 5.95. The van der Waals surface area contributed by atoms with Gasteiger partial charge in [0.05, 0.1) is 17.0 Å². The van der Waals surface area contributed by atoms with Gasteiger partial charge in [0.1, 0.15) is 0 Å². The highest BCUT2D eigenvalue weighted by atomic mass is 16.2. The lowest BCUT2D eigenvalue weighted by Crippen LogP contribution is -2.32. The van der Waals surface area contributed by atoms with Gasteiger partial charge in [-0.3, -0.25) is 4.79 Å². The minimum absolute atomic E-state index is 0.0142. The van der Waals surface area contributed by atoms with Gasteiger partial charge < -0.3 is 10.6 Å². The highest BCUT2D eigenvalue weighted by Crippen LogP contribution is 2.18. The quantitative estimate of drug-likeness (QED) is 0.768. The number of carbonyl (C=O) groups is 1. The first kappa shape index (κ1) is 12.0. The van der Waals surface area contributed by atoms with Gasteiger partial charge in [0.25, 0.3) is 5.91 Å². The number of rotatable bonds is 1. The lowest BCUT2D eigenvalue weighted by atomic mass is 10.1. The van der Waals surface area contributed by atoms with Crippen LogP contribution in [0.3, 0.4) is 0 Å². The van der Waals surface area contributed by atoms with Crippen LogP contribution in [0.5, 0.6) is 0 Å². The molecule has 0 saturated carbocycles. The van der Waals surface area contributed by atoms with Crippen molar-refractivity contribution < 1.29 is 4.79 Å². The summed E-state index contributed by atoms with van der Waals surface area (Å²) in [4.78, 5) is 14.1. The molecule has 17 heavy (non-hydrogen) atoms. The highest BCUT2D eigenvalue weighted by Gasteiger charge is 2.31. The normalized spacial score (nSPS) is 24.1. The number of likely N-dealkylation sites (tertiary alicyclic amines) is 1. The molecule has 0 bridgehead atoms. The van der Waals surface area contributed by atoms with Crippen LogP contribution in [-0.4, -0.2) is 40.1 Å². The van der Waals surface area contributed by atoms with Crippen LogP contribution >= 0.6 is 0 Å². The van der Waals surface area contributed by atoms with Crippen molar-refractivity contribution in [2.75, 3.05) is 13.1 Å². The first-order valence-corrected chi connectivity index (χ1v) is 5.85. The second-order valence-corrected chi connectivity index (χ2v) is 4.84. The molecule has 0 radical (unpaired) electrons. The average Bonchev–Trinajstić information content (AvgIpc) is 2.62. The number of aryl methyl sites for hydroxylation is 2. The van der Waals surface area contributed by atoms with Crippen LogP contribution in [0, 0.1) is 19.8 Å². The molecule has 1 aromatic heterocycles. The summed E-state index contributed by atoms with van der Waals surface area (Å²) in [5.74, 6) is 0.371. The van der Waals surface area contributed by atoms with E-state index in [1.54, 1.807) is 17.9 Å². The van der Waals surface area contributed by atoms with Crippen molar-refractivity contribution in [1.29, 1.82) is 0 Å². The number of nitrogens with zero attached hydrogens (tertiary/aromatic N) is 3. The van der Waals surface area contributed by atoms with Crippen LogP contribution < -0.4 is 5.73 Å². The zero-order chi connectivity index (χ0) is 12.6. The molecule has 1 saturated heterocycles. The molecule has 1 aliphatic heterocycles. The van der Waals surface area contributed by atoms with E-state index in [1.165, 1.54) is 0 Å². The molecular formula is C12H18N4O. The minimum atomic E-state index is 0.0142. The number of carbonyl (C=O) groups excluding carboxylic acids is 1. The van der Waals surface area contributed by atoms with Gasteiger partial charge in [0.15, 0.2) is 0 Å². The molecule has 5 nitrogen and oxygen atoms in total. The van der Waals surface area contributed by atoms with Crippen molar-refractivity contribution in [3.05, 3.63) is 23.0 Å². The molecule has 2 heterocycles. The fourth-order valence-electron chi connectivity index (χ4n) is 2.09. The molecule has 2 atom stereocenters. The third-order valence-electron chi connectivity index (χ3n) is 3.29. The maximum atomic E-state index is 12.3. The van der Waals surface area contributed by atoms with E-state index >= 15 is 0 Å². The Kier molecular flexibility index (Phi) is 3.11. The molecule has 1 aromatic rings. The summed E-state index contributed by atoms with van der Waals surface area (Å²) in [6, 6.07) is 1.87. The molecule has 2 N–H and O–H groups in total. The Bertz CT molecular complexity index is 436. The van der Waals surface area contributed by atoms with Crippen molar-refractivity contribution in [1.82, 2.24) is 15.1 Å². The van der Waals surface area contributed by atoms with Crippen molar-refractivity contribution in [3.8, 4) is 0 Å². The van der Waals surface area contributed by atoms with E-state index in [2.05, 4.69) is 17.1 Å². The second kappa shape index (κ2) is 4.41. The molecule has 1 amide bonds. The van der Waals surface area contributed by atoms with Crippen molar-refractivity contribution in [2.45, 2.75) is 26.8 Å². The lowest BCUT2D eigenvalue weighted by molar-refractivity contribution is 0.0785. The SMILES string of the molecule is Cc1cc(C(=O)N2CC(C)C(N)C2)c(C)nn1. The monoisotopic (exact) mass is 234 g/mol. The van der Waals surface area contributed by atoms with E-state index < -0.39 is 0 Å². The fraction of sp³-hybridized carbons (Fsp3) is 0.583. The summed E-state index contributed by atoms with van der Waals surface area (Å²) in [5.41, 5.74) is 8.00. The number of aromatic nitrogens is 2. The third kappa shape index (κ3) is 2.29. The summed E-state index contributed by atoms with van der Waals surface area (Å²) < 4.78 is 0. The Hall–Kier alpha value is -1.49. The molecular weight excluding hydrogens is 216 g/mol. The number of hydrogen-bond acceptors (Lipinski definition) is 4. The van der Waals surface area contributed by atoms with E-state index in [0.29, 0.717) is 23.7 Å². The molecule has 0 aliphatic carbocycles. The van der Waals surface area contributed by atoms with Gasteiger partial charge in [-0.1, -0.05) is 6.92 Å². The van der Waals surface area contributed by atoms with Crippen LogP contribution in [0.15, 0.2) is 6.07 Å². The van der Waals surface area contributed by atoms with Crippen LogP contribution in [0.4, 0.5) is 0 Å². The molecule has 2 unspecified atom stereocenters. The van der Waals surface area contributed by atoms with Gasteiger partial charge in [0.2, 0.25) is 0 Å². The van der Waals surface area contributed by atoms with Crippen molar-refractivity contribution in [2.24, 2.45) is 11.7 Å².